The van der Waals surface area contributed by atoms with Crippen molar-refractivity contribution in [3.63, 3.8) is 0 Å². The molecule has 3 aromatic rings. The van der Waals surface area contributed by atoms with E-state index < -0.39 is 0 Å². The van der Waals surface area contributed by atoms with Crippen LogP contribution in [0.2, 0.25) is 10.0 Å². The zero-order valence-electron chi connectivity index (χ0n) is 15.9. The van der Waals surface area contributed by atoms with Crippen LogP contribution < -0.4 is 10.2 Å². The van der Waals surface area contributed by atoms with Crippen molar-refractivity contribution in [2.75, 3.05) is 20.2 Å². The van der Waals surface area contributed by atoms with Gasteiger partial charge in [0.1, 0.15) is 5.69 Å². The number of benzene rings is 2. The number of nitrogens with one attached hydrogen (secondary N) is 1. The van der Waals surface area contributed by atoms with E-state index in [1.54, 1.807) is 22.9 Å². The molecule has 150 valence electrons. The molecule has 1 aliphatic heterocycles. The maximum Gasteiger partial charge on any atom is 0.289 e. The van der Waals surface area contributed by atoms with Crippen LogP contribution in [0.25, 0.3) is 16.9 Å². The molecule has 0 saturated carbocycles. The van der Waals surface area contributed by atoms with E-state index in [-0.39, 0.29) is 11.6 Å². The number of hydrogen-bond acceptors (Lipinski definition) is 4. The van der Waals surface area contributed by atoms with Crippen molar-refractivity contribution in [1.29, 1.82) is 0 Å². The number of halogens is 2. The summed E-state index contributed by atoms with van der Waals surface area (Å²) < 4.78 is 7.29. The minimum Gasteiger partial charge on any atom is -0.492 e. The maximum atomic E-state index is 13.0. The number of hydrogen-bond donors (Lipinski definition) is 1. The molecule has 0 atom stereocenters. The summed E-state index contributed by atoms with van der Waals surface area (Å²) in [6, 6.07) is 14.6. The molecular formula is C21H20Cl2N4O2. The van der Waals surface area contributed by atoms with E-state index >= 15 is 0 Å². The van der Waals surface area contributed by atoms with Crippen molar-refractivity contribution >= 4 is 29.1 Å². The average molecular weight is 431 g/mol. The number of carbonyl (C=O) groups excluding carboxylic acids is 1. The normalized spacial score (nSPS) is 14.2. The van der Waals surface area contributed by atoms with Crippen LogP contribution in [0.5, 0.6) is 5.75 Å². The fraction of sp³-hybridized carbons (Fsp3) is 0.238. The van der Waals surface area contributed by atoms with Crippen LogP contribution in [0.4, 0.5) is 0 Å². The summed E-state index contributed by atoms with van der Waals surface area (Å²) in [5, 5.41) is 7.62. The highest BCUT2D eigenvalue weighted by Crippen LogP contribution is 2.37. The zero-order chi connectivity index (χ0) is 20.4. The Balaban J connectivity index is 1.86. The van der Waals surface area contributed by atoms with Gasteiger partial charge >= 0.3 is 0 Å². The summed E-state index contributed by atoms with van der Waals surface area (Å²) in [6.45, 7) is 1.65. The van der Waals surface area contributed by atoms with Crippen molar-refractivity contribution in [3.05, 3.63) is 64.3 Å². The second-order valence-corrected chi connectivity index (χ2v) is 7.58. The maximum absolute atomic E-state index is 13.0. The van der Waals surface area contributed by atoms with E-state index in [0.29, 0.717) is 27.2 Å². The molecule has 0 aliphatic carbocycles. The number of amides is 1. The van der Waals surface area contributed by atoms with Gasteiger partial charge < -0.3 is 4.74 Å². The predicted molar refractivity (Wildman–Crippen MR) is 114 cm³/mol. The lowest BCUT2D eigenvalue weighted by Gasteiger charge is -2.15. The van der Waals surface area contributed by atoms with Crippen molar-refractivity contribution in [2.45, 2.75) is 12.8 Å². The summed E-state index contributed by atoms with van der Waals surface area (Å²) in [5.41, 5.74) is 5.20. The van der Waals surface area contributed by atoms with Crippen LogP contribution in [0.3, 0.4) is 0 Å². The fourth-order valence-corrected chi connectivity index (χ4v) is 3.77. The summed E-state index contributed by atoms with van der Waals surface area (Å²) in [5.74, 6) is 0.0636. The van der Waals surface area contributed by atoms with Gasteiger partial charge in [-0.2, -0.15) is 5.10 Å². The summed E-state index contributed by atoms with van der Waals surface area (Å²) >= 11 is 12.5. The lowest BCUT2D eigenvalue weighted by molar-refractivity contribution is 0.0817. The van der Waals surface area contributed by atoms with Crippen LogP contribution in [-0.4, -0.2) is 40.9 Å². The Hall–Kier alpha value is -2.54. The molecular weight excluding hydrogens is 411 g/mol. The summed E-state index contributed by atoms with van der Waals surface area (Å²) in [7, 11) is 1.53. The first kappa shape index (κ1) is 19.8. The van der Waals surface area contributed by atoms with Crippen LogP contribution in [-0.2, 0) is 0 Å². The van der Waals surface area contributed by atoms with E-state index in [9.17, 15) is 4.79 Å². The zero-order valence-corrected chi connectivity index (χ0v) is 17.4. The number of carbonyl (C=O) groups is 1. The topological polar surface area (TPSA) is 59.4 Å². The molecule has 1 aromatic heterocycles. The first-order valence-corrected chi connectivity index (χ1v) is 10.1. The summed E-state index contributed by atoms with van der Waals surface area (Å²) in [6.07, 6.45) is 2.11. The number of hydrazine groups is 1. The molecule has 29 heavy (non-hydrogen) atoms. The van der Waals surface area contributed by atoms with Crippen molar-refractivity contribution in [1.82, 2.24) is 20.2 Å². The molecule has 1 aliphatic rings. The van der Waals surface area contributed by atoms with Crippen molar-refractivity contribution in [2.24, 2.45) is 0 Å². The number of ether oxygens (including phenoxy) is 1. The van der Waals surface area contributed by atoms with E-state index in [0.717, 1.165) is 31.5 Å². The Morgan fingerprint density at radius 3 is 2.41 bits per heavy atom. The van der Waals surface area contributed by atoms with Crippen LogP contribution in [0.15, 0.2) is 48.5 Å². The second kappa shape index (κ2) is 8.45. The largest absolute Gasteiger partial charge is 0.492 e. The highest BCUT2D eigenvalue weighted by molar-refractivity contribution is 6.32. The van der Waals surface area contributed by atoms with Gasteiger partial charge in [-0.25, -0.2) is 9.69 Å². The molecule has 0 bridgehead atoms. The lowest BCUT2D eigenvalue weighted by atomic mass is 10.1. The first-order valence-electron chi connectivity index (χ1n) is 9.32. The number of methoxy groups -OCH3 is 1. The minimum absolute atomic E-state index is 0.198. The van der Waals surface area contributed by atoms with Gasteiger partial charge in [-0.1, -0.05) is 47.5 Å². The molecule has 2 aromatic carbocycles. The Bertz CT molecular complexity index is 1030. The quantitative estimate of drug-likeness (QED) is 0.642. The smallest absolute Gasteiger partial charge is 0.289 e. The molecule has 8 heteroatoms. The van der Waals surface area contributed by atoms with Crippen LogP contribution in [0.1, 0.15) is 23.3 Å². The molecule has 2 heterocycles. The van der Waals surface area contributed by atoms with E-state index in [1.165, 1.54) is 7.11 Å². The highest BCUT2D eigenvalue weighted by Gasteiger charge is 2.28. The second-order valence-electron chi connectivity index (χ2n) is 6.74. The molecule has 0 unspecified atom stereocenters. The fourth-order valence-electron chi connectivity index (χ4n) is 3.43. The standard InChI is InChI=1S/C21H20Cl2N4O2/c1-29-20-18(21(28)25-26-12-4-5-13-26)24-27(17-7-3-2-6-16(17)23)19(20)14-8-10-15(22)11-9-14/h2-3,6-11H,4-5,12-13H2,1H3,(H,25,28). The van der Waals surface area contributed by atoms with Gasteiger partial charge in [-0.3, -0.25) is 10.2 Å². The number of para-hydroxylation sites is 1. The molecule has 6 nitrogen and oxygen atoms in total. The van der Waals surface area contributed by atoms with Crippen LogP contribution in [0, 0.1) is 0 Å². The lowest BCUT2D eigenvalue weighted by Crippen LogP contribution is -2.40. The molecule has 4 rings (SSSR count). The van der Waals surface area contributed by atoms with Crippen molar-refractivity contribution < 1.29 is 9.53 Å². The Morgan fingerprint density at radius 2 is 1.76 bits per heavy atom. The third-order valence-electron chi connectivity index (χ3n) is 4.83. The van der Waals surface area contributed by atoms with Gasteiger partial charge in [0.25, 0.3) is 5.91 Å². The Kier molecular flexibility index (Phi) is 5.76. The SMILES string of the molecule is COc1c(C(=O)NN2CCCC2)nn(-c2ccccc2Cl)c1-c1ccc(Cl)cc1. The van der Waals surface area contributed by atoms with Gasteiger partial charge in [0.2, 0.25) is 0 Å². The molecule has 1 fully saturated rings. The molecule has 1 saturated heterocycles. The highest BCUT2D eigenvalue weighted by atomic mass is 35.5. The number of nitrogens with zero attached hydrogens (tertiary/aromatic N) is 3. The van der Waals surface area contributed by atoms with Gasteiger partial charge in [-0.05, 0) is 37.1 Å². The van der Waals surface area contributed by atoms with Gasteiger partial charge in [0.05, 0.1) is 17.8 Å². The Morgan fingerprint density at radius 1 is 1.07 bits per heavy atom. The van der Waals surface area contributed by atoms with E-state index in [1.807, 2.05) is 35.3 Å². The third kappa shape index (κ3) is 3.96. The molecule has 0 radical (unpaired) electrons. The number of rotatable bonds is 5. The van der Waals surface area contributed by atoms with Crippen LogP contribution >= 0.6 is 23.2 Å². The first-order chi connectivity index (χ1) is 14.1. The predicted octanol–water partition coefficient (Wildman–Crippen LogP) is 4.60. The molecule has 0 spiro atoms. The summed E-state index contributed by atoms with van der Waals surface area (Å²) in [4.78, 5) is 13.0. The molecule has 1 amide bonds. The van der Waals surface area contributed by atoms with E-state index in [2.05, 4.69) is 10.5 Å². The van der Waals surface area contributed by atoms with Crippen molar-refractivity contribution in [3.8, 4) is 22.7 Å². The minimum atomic E-state index is -0.315. The molecule has 1 N–H and O–H groups in total. The van der Waals surface area contributed by atoms with Gasteiger partial charge in [-0.15, -0.1) is 0 Å². The number of aromatic nitrogens is 2. The Labute approximate surface area is 178 Å². The third-order valence-corrected chi connectivity index (χ3v) is 5.40. The van der Waals surface area contributed by atoms with E-state index in [4.69, 9.17) is 27.9 Å². The monoisotopic (exact) mass is 430 g/mol. The average Bonchev–Trinajstić information content (AvgIpc) is 3.36. The van der Waals surface area contributed by atoms with Gasteiger partial charge in [0, 0.05) is 23.7 Å². The van der Waals surface area contributed by atoms with Gasteiger partial charge in [0.15, 0.2) is 11.4 Å².